The molecule has 1 atom stereocenters. The number of benzene rings is 1. The average molecular weight is 320 g/mol. The van der Waals surface area contributed by atoms with Gasteiger partial charge in [-0.15, -0.1) is 0 Å². The number of aromatic amines is 1. The van der Waals surface area contributed by atoms with Crippen LogP contribution in [0.1, 0.15) is 46.8 Å². The highest BCUT2D eigenvalue weighted by Gasteiger charge is 2.26. The maximum Gasteiger partial charge on any atom is 0.294 e. The molecule has 0 amide bonds. The molecular weight excluding hydrogens is 302 g/mol. The molecule has 1 heterocycles. The number of carbonyl (C=O) groups is 2. The van der Waals surface area contributed by atoms with Gasteiger partial charge >= 0.3 is 0 Å². The van der Waals surface area contributed by atoms with Gasteiger partial charge in [-0.3, -0.25) is 9.59 Å². The lowest BCUT2D eigenvalue weighted by atomic mass is 10.00. The third kappa shape index (κ3) is 3.64. The molecule has 116 valence electrons. The number of aryl methyl sites for hydroxylation is 1. The molecule has 1 aromatic heterocycles. The third-order valence-electron chi connectivity index (χ3n) is 3.26. The Hall–Kier alpha value is -1.91. The third-order valence-corrected chi connectivity index (χ3v) is 3.43. The highest BCUT2D eigenvalue weighted by atomic mass is 35.5. The van der Waals surface area contributed by atoms with Gasteiger partial charge in [-0.05, 0) is 36.6 Å². The summed E-state index contributed by atoms with van der Waals surface area (Å²) < 4.78 is 5.92. The minimum atomic E-state index is -1.01. The van der Waals surface area contributed by atoms with Gasteiger partial charge in [0.15, 0.2) is 0 Å². The normalized spacial score (nSPS) is 12.1. The van der Waals surface area contributed by atoms with Crippen molar-refractivity contribution in [2.75, 3.05) is 6.61 Å². The number of hydrogen-bond acceptors (Lipinski definition) is 3. The number of Topliss-reactive ketones (excluding diaryl/α,β-unsaturated/α-hetero) is 1. The molecule has 1 N–H and O–H groups in total. The van der Waals surface area contributed by atoms with Gasteiger partial charge in [0.25, 0.3) is 11.0 Å². The highest BCUT2D eigenvalue weighted by Crippen LogP contribution is 2.30. The Morgan fingerprint density at radius 1 is 1.27 bits per heavy atom. The quantitative estimate of drug-likeness (QED) is 0.480. The molecule has 1 unspecified atom stereocenters. The summed E-state index contributed by atoms with van der Waals surface area (Å²) >= 11 is 5.35. The van der Waals surface area contributed by atoms with Crippen molar-refractivity contribution in [2.24, 2.45) is 0 Å². The predicted molar refractivity (Wildman–Crippen MR) is 85.2 cm³/mol. The lowest BCUT2D eigenvalue weighted by Crippen LogP contribution is -2.15. The van der Waals surface area contributed by atoms with E-state index in [1.807, 2.05) is 50.2 Å². The van der Waals surface area contributed by atoms with Crippen molar-refractivity contribution < 1.29 is 14.3 Å². The highest BCUT2D eigenvalue weighted by molar-refractivity contribution is 6.83. The van der Waals surface area contributed by atoms with Gasteiger partial charge in [-0.1, -0.05) is 37.3 Å². The van der Waals surface area contributed by atoms with Crippen LogP contribution in [0.4, 0.5) is 0 Å². The summed E-state index contributed by atoms with van der Waals surface area (Å²) in [7, 11) is 0. The fraction of sp³-hybridized carbons (Fsp3) is 0.294. The van der Waals surface area contributed by atoms with E-state index in [2.05, 4.69) is 4.98 Å². The Balaban J connectivity index is 2.48. The molecule has 0 radical (unpaired) electrons. The van der Waals surface area contributed by atoms with Crippen molar-refractivity contribution in [3.63, 3.8) is 0 Å². The predicted octanol–water partition coefficient (Wildman–Crippen LogP) is 3.79. The van der Waals surface area contributed by atoms with E-state index in [-0.39, 0.29) is 5.69 Å². The van der Waals surface area contributed by atoms with E-state index in [1.54, 1.807) is 0 Å². The van der Waals surface area contributed by atoms with Crippen molar-refractivity contribution in [1.29, 1.82) is 0 Å². The van der Waals surface area contributed by atoms with Crippen LogP contribution in [0, 0.1) is 6.92 Å². The largest absolute Gasteiger partial charge is 0.369 e. The molecule has 2 rings (SSSR count). The summed E-state index contributed by atoms with van der Waals surface area (Å²) in [4.78, 5) is 26.2. The summed E-state index contributed by atoms with van der Waals surface area (Å²) in [5.74, 6) is -0.745. The first-order valence-electron chi connectivity index (χ1n) is 7.14. The van der Waals surface area contributed by atoms with Crippen LogP contribution in [-0.2, 0) is 9.53 Å². The van der Waals surface area contributed by atoms with Gasteiger partial charge in [0.1, 0.15) is 6.10 Å². The van der Waals surface area contributed by atoms with Gasteiger partial charge in [-0.2, -0.15) is 0 Å². The Bertz CT molecular complexity index is 664. The van der Waals surface area contributed by atoms with Gasteiger partial charge in [0, 0.05) is 17.9 Å². The van der Waals surface area contributed by atoms with E-state index in [0.717, 1.165) is 17.7 Å². The second kappa shape index (κ2) is 7.38. The van der Waals surface area contributed by atoms with Crippen molar-refractivity contribution >= 4 is 22.6 Å². The first-order valence-corrected chi connectivity index (χ1v) is 7.52. The molecule has 4 nitrogen and oxygen atoms in total. The zero-order valence-electron chi connectivity index (χ0n) is 12.6. The van der Waals surface area contributed by atoms with Crippen LogP contribution in [0.25, 0.3) is 0 Å². The van der Waals surface area contributed by atoms with Crippen LogP contribution in [0.15, 0.2) is 36.4 Å². The molecule has 5 heteroatoms. The zero-order chi connectivity index (χ0) is 16.1. The maximum atomic E-state index is 12.0. The number of carbonyl (C=O) groups excluding carboxylic acids is 2. The second-order valence-electron chi connectivity index (χ2n) is 5.05. The fourth-order valence-corrected chi connectivity index (χ4v) is 2.43. The van der Waals surface area contributed by atoms with E-state index in [4.69, 9.17) is 16.3 Å². The minimum Gasteiger partial charge on any atom is -0.369 e. The van der Waals surface area contributed by atoms with Gasteiger partial charge < -0.3 is 9.72 Å². The summed E-state index contributed by atoms with van der Waals surface area (Å²) in [5.41, 5.74) is 2.53. The number of rotatable bonds is 7. The summed E-state index contributed by atoms with van der Waals surface area (Å²) in [5, 5.41) is -1.01. The first-order chi connectivity index (χ1) is 10.5. The van der Waals surface area contributed by atoms with E-state index in [0.29, 0.717) is 12.2 Å². The van der Waals surface area contributed by atoms with Crippen molar-refractivity contribution in [3.8, 4) is 0 Å². The minimum absolute atomic E-state index is 0.197. The summed E-state index contributed by atoms with van der Waals surface area (Å²) in [6.07, 6.45) is 0.436. The number of nitrogens with one attached hydrogen (secondary N) is 1. The van der Waals surface area contributed by atoms with Crippen molar-refractivity contribution in [3.05, 3.63) is 58.9 Å². The van der Waals surface area contributed by atoms with E-state index < -0.39 is 17.1 Å². The van der Waals surface area contributed by atoms with Crippen molar-refractivity contribution in [1.82, 2.24) is 4.98 Å². The number of ether oxygens (including phenoxy) is 1. The SMILES string of the molecule is CCCOC(c1ccccc1)c1cc(C)[nH]c1C(=O)C(=O)Cl. The fourth-order valence-electron chi connectivity index (χ4n) is 2.33. The number of ketones is 1. The first kappa shape index (κ1) is 16.5. The molecule has 0 aliphatic heterocycles. The lowest BCUT2D eigenvalue weighted by molar-refractivity contribution is -0.108. The molecule has 0 aliphatic carbocycles. The molecule has 0 spiro atoms. The Morgan fingerprint density at radius 3 is 2.55 bits per heavy atom. The molecule has 1 aromatic carbocycles. The number of aromatic nitrogens is 1. The maximum absolute atomic E-state index is 12.0. The van der Waals surface area contributed by atoms with Gasteiger partial charge in [0.05, 0.1) is 5.69 Å². The molecule has 0 fully saturated rings. The van der Waals surface area contributed by atoms with E-state index in [1.165, 1.54) is 0 Å². The van der Waals surface area contributed by atoms with Gasteiger partial charge in [0.2, 0.25) is 0 Å². The van der Waals surface area contributed by atoms with Crippen LogP contribution < -0.4 is 0 Å². The topological polar surface area (TPSA) is 59.2 Å². The Morgan fingerprint density at radius 2 is 1.95 bits per heavy atom. The number of hydrogen-bond donors (Lipinski definition) is 1. The Labute approximate surface area is 134 Å². The van der Waals surface area contributed by atoms with Gasteiger partial charge in [-0.25, -0.2) is 0 Å². The van der Waals surface area contributed by atoms with Crippen LogP contribution in [-0.4, -0.2) is 22.6 Å². The number of halogens is 1. The molecule has 0 bridgehead atoms. The van der Waals surface area contributed by atoms with Crippen LogP contribution in [0.3, 0.4) is 0 Å². The molecule has 2 aromatic rings. The molecule has 0 aliphatic rings. The summed E-state index contributed by atoms with van der Waals surface area (Å²) in [6.45, 7) is 4.38. The summed E-state index contributed by atoms with van der Waals surface area (Å²) in [6, 6.07) is 11.4. The monoisotopic (exact) mass is 319 g/mol. The number of H-pyrrole nitrogens is 1. The lowest BCUT2D eigenvalue weighted by Gasteiger charge is -2.18. The smallest absolute Gasteiger partial charge is 0.294 e. The van der Waals surface area contributed by atoms with Crippen LogP contribution in [0.2, 0.25) is 0 Å². The van der Waals surface area contributed by atoms with Crippen molar-refractivity contribution in [2.45, 2.75) is 26.4 Å². The van der Waals surface area contributed by atoms with E-state index in [9.17, 15) is 9.59 Å². The van der Waals surface area contributed by atoms with Crippen LogP contribution in [0.5, 0.6) is 0 Å². The molecular formula is C17H18ClNO3. The standard InChI is InChI=1S/C17H18ClNO3/c1-3-9-22-16(12-7-5-4-6-8-12)13-10-11(2)19-14(13)15(20)17(18)21/h4-8,10,16,19H,3,9H2,1-2H3. The molecule has 0 saturated carbocycles. The Kier molecular flexibility index (Phi) is 5.52. The second-order valence-corrected chi connectivity index (χ2v) is 5.39. The molecule has 22 heavy (non-hydrogen) atoms. The molecule has 0 saturated heterocycles. The zero-order valence-corrected chi connectivity index (χ0v) is 13.3. The van der Waals surface area contributed by atoms with E-state index >= 15 is 0 Å². The van der Waals surface area contributed by atoms with Crippen LogP contribution >= 0.6 is 11.6 Å². The average Bonchev–Trinajstić information content (AvgIpc) is 2.89.